The third-order valence-electron chi connectivity index (χ3n) is 3.00. The summed E-state index contributed by atoms with van der Waals surface area (Å²) in [6.45, 7) is 4.34. The van der Waals surface area contributed by atoms with Gasteiger partial charge in [0.15, 0.2) is 0 Å². The molecule has 0 aromatic rings. The van der Waals surface area contributed by atoms with Crippen LogP contribution in [0.15, 0.2) is 0 Å². The molecule has 0 saturated heterocycles. The third-order valence-corrected chi connectivity index (χ3v) is 3.00. The molecule has 0 atom stereocenters. The van der Waals surface area contributed by atoms with Gasteiger partial charge in [-0.15, -0.1) is 12.4 Å². The van der Waals surface area contributed by atoms with E-state index in [1.165, 1.54) is 64.2 Å². The van der Waals surface area contributed by atoms with Crippen molar-refractivity contribution in [3.05, 3.63) is 0 Å². The van der Waals surface area contributed by atoms with Crippen molar-refractivity contribution >= 4 is 12.4 Å². The number of hydrogen-bond acceptors (Lipinski definition) is 2. The summed E-state index contributed by atoms with van der Waals surface area (Å²) >= 11 is 0. The normalized spacial score (nSPS) is 10.2. The maximum atomic E-state index is 8.57. The van der Waals surface area contributed by atoms with E-state index in [1.54, 1.807) is 0 Å². The molecule has 17 heavy (non-hydrogen) atoms. The van der Waals surface area contributed by atoms with Crippen LogP contribution in [0, 0.1) is 0 Å². The lowest BCUT2D eigenvalue weighted by molar-refractivity contribution is 0.292. The fourth-order valence-corrected chi connectivity index (χ4v) is 1.94. The van der Waals surface area contributed by atoms with E-state index in [0.717, 1.165) is 13.1 Å². The summed E-state index contributed by atoms with van der Waals surface area (Å²) in [6.07, 6.45) is 13.9. The standard InChI is InChI=1S/C14H31NO.ClH/c1-2-3-4-5-6-7-8-9-10-11-12-15-13-14-16;/h15-16H,2-14H2,1H3;1H. The monoisotopic (exact) mass is 265 g/mol. The molecule has 3 heteroatoms. The van der Waals surface area contributed by atoms with Crippen LogP contribution in [0.1, 0.15) is 71.1 Å². The van der Waals surface area contributed by atoms with Crippen LogP contribution < -0.4 is 5.32 Å². The Kier molecular flexibility index (Phi) is 21.4. The predicted octanol–water partition coefficient (Wildman–Crippen LogP) is 3.91. The van der Waals surface area contributed by atoms with Gasteiger partial charge < -0.3 is 10.4 Å². The van der Waals surface area contributed by atoms with Crippen molar-refractivity contribution in [3.8, 4) is 0 Å². The first-order valence-corrected chi connectivity index (χ1v) is 7.23. The fraction of sp³-hybridized carbons (Fsp3) is 1.00. The van der Waals surface area contributed by atoms with Gasteiger partial charge in [-0.25, -0.2) is 0 Å². The number of hydrogen-bond donors (Lipinski definition) is 2. The summed E-state index contributed by atoms with van der Waals surface area (Å²) < 4.78 is 0. The maximum absolute atomic E-state index is 8.57. The van der Waals surface area contributed by atoms with Gasteiger partial charge in [-0.1, -0.05) is 64.7 Å². The molecular formula is C14H32ClNO. The first kappa shape index (κ1) is 19.5. The minimum Gasteiger partial charge on any atom is -0.395 e. The highest BCUT2D eigenvalue weighted by Gasteiger charge is 1.92. The largest absolute Gasteiger partial charge is 0.395 e. The van der Waals surface area contributed by atoms with Crippen LogP contribution >= 0.6 is 12.4 Å². The van der Waals surface area contributed by atoms with E-state index in [1.807, 2.05) is 0 Å². The van der Waals surface area contributed by atoms with Gasteiger partial charge >= 0.3 is 0 Å². The van der Waals surface area contributed by atoms with Crippen LogP contribution in [0.5, 0.6) is 0 Å². The number of halogens is 1. The summed E-state index contributed by atoms with van der Waals surface area (Å²) in [5.74, 6) is 0. The molecule has 0 aromatic heterocycles. The Morgan fingerprint density at radius 1 is 0.706 bits per heavy atom. The lowest BCUT2D eigenvalue weighted by atomic mass is 10.1. The molecule has 2 nitrogen and oxygen atoms in total. The maximum Gasteiger partial charge on any atom is 0.0555 e. The van der Waals surface area contributed by atoms with Crippen LogP contribution in [-0.4, -0.2) is 24.8 Å². The lowest BCUT2D eigenvalue weighted by Gasteiger charge is -2.03. The average Bonchev–Trinajstić information content (AvgIpc) is 2.31. The van der Waals surface area contributed by atoms with E-state index in [2.05, 4.69) is 12.2 Å². The molecule has 0 spiro atoms. The zero-order valence-electron chi connectivity index (χ0n) is 11.5. The Hall–Kier alpha value is 0.210. The molecule has 0 unspecified atom stereocenters. The van der Waals surface area contributed by atoms with E-state index in [-0.39, 0.29) is 19.0 Å². The molecule has 2 N–H and O–H groups in total. The second kappa shape index (κ2) is 18.6. The number of aliphatic hydroxyl groups is 1. The molecule has 0 aliphatic carbocycles. The number of aliphatic hydroxyl groups excluding tert-OH is 1. The van der Waals surface area contributed by atoms with E-state index < -0.39 is 0 Å². The molecule has 0 saturated carbocycles. The molecular weight excluding hydrogens is 234 g/mol. The van der Waals surface area contributed by atoms with Gasteiger partial charge in [0, 0.05) is 6.54 Å². The van der Waals surface area contributed by atoms with Gasteiger partial charge in [-0.05, 0) is 13.0 Å². The van der Waals surface area contributed by atoms with Gasteiger partial charge in [0.05, 0.1) is 6.61 Å². The molecule has 0 fully saturated rings. The Labute approximate surface area is 114 Å². The minimum atomic E-state index is 0. The molecule has 0 aliphatic heterocycles. The summed E-state index contributed by atoms with van der Waals surface area (Å²) in [4.78, 5) is 0. The van der Waals surface area contributed by atoms with Crippen LogP contribution in [0.3, 0.4) is 0 Å². The Morgan fingerprint density at radius 2 is 1.18 bits per heavy atom. The number of rotatable bonds is 13. The van der Waals surface area contributed by atoms with Gasteiger partial charge in [-0.3, -0.25) is 0 Å². The Bertz CT molecular complexity index is 109. The zero-order valence-corrected chi connectivity index (χ0v) is 12.4. The zero-order chi connectivity index (χ0) is 11.9. The van der Waals surface area contributed by atoms with Crippen LogP contribution in [0.4, 0.5) is 0 Å². The topological polar surface area (TPSA) is 32.3 Å². The van der Waals surface area contributed by atoms with Gasteiger partial charge in [0.2, 0.25) is 0 Å². The first-order chi connectivity index (χ1) is 7.91. The lowest BCUT2D eigenvalue weighted by Crippen LogP contribution is -2.19. The van der Waals surface area contributed by atoms with Crippen molar-refractivity contribution in [3.63, 3.8) is 0 Å². The number of nitrogens with one attached hydrogen (secondary N) is 1. The van der Waals surface area contributed by atoms with Crippen molar-refractivity contribution in [1.82, 2.24) is 5.32 Å². The van der Waals surface area contributed by atoms with Crippen LogP contribution in [0.25, 0.3) is 0 Å². The second-order valence-electron chi connectivity index (χ2n) is 4.66. The highest BCUT2D eigenvalue weighted by Crippen LogP contribution is 2.10. The molecule has 0 amide bonds. The van der Waals surface area contributed by atoms with Gasteiger partial charge in [-0.2, -0.15) is 0 Å². The number of unbranched alkanes of at least 4 members (excludes halogenated alkanes) is 9. The van der Waals surface area contributed by atoms with Crippen molar-refractivity contribution in [2.45, 2.75) is 71.1 Å². The first-order valence-electron chi connectivity index (χ1n) is 7.23. The second-order valence-corrected chi connectivity index (χ2v) is 4.66. The SMILES string of the molecule is CCCCCCCCCCCCNCCO.Cl. The molecule has 0 radical (unpaired) electrons. The predicted molar refractivity (Wildman–Crippen MR) is 79.0 cm³/mol. The van der Waals surface area contributed by atoms with Gasteiger partial charge in [0.25, 0.3) is 0 Å². The Balaban J connectivity index is 0. The Morgan fingerprint density at radius 3 is 1.65 bits per heavy atom. The molecule has 0 bridgehead atoms. The highest BCUT2D eigenvalue weighted by molar-refractivity contribution is 5.85. The summed E-state index contributed by atoms with van der Waals surface area (Å²) in [5, 5.41) is 11.8. The summed E-state index contributed by atoms with van der Waals surface area (Å²) in [7, 11) is 0. The van der Waals surface area contributed by atoms with Crippen molar-refractivity contribution in [1.29, 1.82) is 0 Å². The van der Waals surface area contributed by atoms with E-state index >= 15 is 0 Å². The molecule has 0 aliphatic rings. The smallest absolute Gasteiger partial charge is 0.0555 e. The minimum absolute atomic E-state index is 0. The van der Waals surface area contributed by atoms with E-state index in [9.17, 15) is 0 Å². The quantitative estimate of drug-likeness (QED) is 0.495. The molecule has 0 rings (SSSR count). The highest BCUT2D eigenvalue weighted by atomic mass is 35.5. The molecule has 0 heterocycles. The van der Waals surface area contributed by atoms with E-state index in [0.29, 0.717) is 0 Å². The average molecular weight is 266 g/mol. The van der Waals surface area contributed by atoms with Crippen molar-refractivity contribution in [2.75, 3.05) is 19.7 Å². The fourth-order valence-electron chi connectivity index (χ4n) is 1.94. The molecule has 0 aromatic carbocycles. The summed E-state index contributed by atoms with van der Waals surface area (Å²) in [6, 6.07) is 0. The van der Waals surface area contributed by atoms with Crippen LogP contribution in [-0.2, 0) is 0 Å². The van der Waals surface area contributed by atoms with E-state index in [4.69, 9.17) is 5.11 Å². The summed E-state index contributed by atoms with van der Waals surface area (Å²) in [5.41, 5.74) is 0. The van der Waals surface area contributed by atoms with Gasteiger partial charge in [0.1, 0.15) is 0 Å². The van der Waals surface area contributed by atoms with Crippen molar-refractivity contribution < 1.29 is 5.11 Å². The van der Waals surface area contributed by atoms with Crippen LogP contribution in [0.2, 0.25) is 0 Å². The van der Waals surface area contributed by atoms with Crippen molar-refractivity contribution in [2.24, 2.45) is 0 Å². The molecule has 106 valence electrons. The third kappa shape index (κ3) is 18.8.